The third kappa shape index (κ3) is 6.74. The van der Waals surface area contributed by atoms with E-state index in [1.54, 1.807) is 18.2 Å². The van der Waals surface area contributed by atoms with Crippen LogP contribution in [0.1, 0.15) is 49.0 Å². The fourth-order valence-electron chi connectivity index (χ4n) is 6.81. The zero-order valence-corrected chi connectivity index (χ0v) is 27.6. The van der Waals surface area contributed by atoms with Crippen LogP contribution in [0.5, 0.6) is 5.75 Å². The zero-order chi connectivity index (χ0) is 36.6. The summed E-state index contributed by atoms with van der Waals surface area (Å²) in [4.78, 5) is 48.9. The number of rotatable bonds is 12. The number of aromatic hydroxyl groups is 1. The van der Waals surface area contributed by atoms with Crippen molar-refractivity contribution in [2.45, 2.75) is 33.1 Å². The minimum atomic E-state index is -1.31. The van der Waals surface area contributed by atoms with Gasteiger partial charge in [0.1, 0.15) is 11.3 Å². The predicted molar refractivity (Wildman–Crippen MR) is 185 cm³/mol. The molecule has 2 heterocycles. The van der Waals surface area contributed by atoms with Crippen molar-refractivity contribution in [3.63, 3.8) is 0 Å². The Kier molecular flexibility index (Phi) is 9.54. The van der Waals surface area contributed by atoms with Gasteiger partial charge in [0.2, 0.25) is 17.2 Å². The highest BCUT2D eigenvalue weighted by Crippen LogP contribution is 2.61. The molecule has 1 saturated carbocycles. The van der Waals surface area contributed by atoms with E-state index in [1.807, 2.05) is 13.8 Å². The Morgan fingerprint density at radius 3 is 2.45 bits per heavy atom. The number of phenolic OH excluding ortho intramolecular Hbond substituents is 1. The number of phenols is 1. The maximum atomic E-state index is 14.7. The van der Waals surface area contributed by atoms with Gasteiger partial charge in [-0.25, -0.2) is 13.6 Å². The van der Waals surface area contributed by atoms with Crippen LogP contribution in [0.2, 0.25) is 0 Å². The van der Waals surface area contributed by atoms with Gasteiger partial charge in [-0.15, -0.1) is 0 Å². The number of hydrogen-bond donors (Lipinski definition) is 5. The number of halogens is 2. The Bertz CT molecular complexity index is 2210. The number of aromatic carboxylic acids is 1. The lowest BCUT2D eigenvalue weighted by molar-refractivity contribution is -0.122. The van der Waals surface area contributed by atoms with Gasteiger partial charge in [0.25, 0.3) is 0 Å². The average Bonchev–Trinajstić information content (AvgIpc) is 3.72. The lowest BCUT2D eigenvalue weighted by Gasteiger charge is -2.17. The molecule has 264 valence electrons. The smallest absolute Gasteiger partial charge is 0.336 e. The van der Waals surface area contributed by atoms with Gasteiger partial charge in [-0.2, -0.15) is 10.2 Å². The van der Waals surface area contributed by atoms with Crippen LogP contribution in [0, 0.1) is 28.9 Å². The van der Waals surface area contributed by atoms with Gasteiger partial charge in [-0.05, 0) is 60.7 Å². The molecule has 6 rings (SSSR count). The fraction of sp³-hybridized carbons (Fsp3) is 0.297. The maximum absolute atomic E-state index is 14.7. The molecule has 0 aromatic heterocycles. The molecular weight excluding hydrogens is 666 g/mol. The largest absolute Gasteiger partial charge is 0.505 e. The Labute approximate surface area is 289 Å². The highest BCUT2D eigenvalue weighted by molar-refractivity contribution is 6.11. The Balaban J connectivity index is 1.28. The van der Waals surface area contributed by atoms with Gasteiger partial charge in [-0.1, -0.05) is 19.1 Å². The number of hydrogen-bond acceptors (Lipinski definition) is 9. The number of carbonyl (C=O) groups is 3. The minimum absolute atomic E-state index is 0.00758. The van der Waals surface area contributed by atoms with E-state index in [4.69, 9.17) is 9.52 Å². The SMILES string of the molecule is CC1=NN=C(/C=C/c2ccc(C(=O)O)c(-c3c4cc(F)c(=O)cc-4oc4cc(O)c(F)cc34)c2)C2C(CNC(=O)CCCC(=O)NCCO)C12C. The van der Waals surface area contributed by atoms with Gasteiger partial charge in [-0.3, -0.25) is 14.4 Å². The van der Waals surface area contributed by atoms with E-state index in [0.717, 1.165) is 30.0 Å². The molecule has 0 bridgehead atoms. The van der Waals surface area contributed by atoms with Crippen molar-refractivity contribution >= 4 is 46.3 Å². The fourth-order valence-corrected chi connectivity index (χ4v) is 6.81. The maximum Gasteiger partial charge on any atom is 0.336 e. The lowest BCUT2D eigenvalue weighted by Crippen LogP contribution is -2.29. The number of nitrogens with zero attached hydrogens (tertiary/aromatic N) is 2. The standard InChI is InChI=1S/C37H34F2N4O8/c1-18-37(2)24(17-41-33(48)5-3-4-32(47)40-10-11-44)35(37)27(43-42-18)9-7-19-6-8-20(36(49)50)21(12-19)34-22-13-25(38)28(45)15-30(22)51-31-16-29(46)26(39)14-23(31)34/h6-9,12-16,24,35,44-45H,3-5,10-11,17H2,1-2H3,(H,40,47)(H,41,48)(H,49,50)/b9-7+. The summed E-state index contributed by atoms with van der Waals surface area (Å²) in [5.74, 6) is -4.77. The second-order valence-corrected chi connectivity index (χ2v) is 12.8. The van der Waals surface area contributed by atoms with E-state index in [-0.39, 0.29) is 94.0 Å². The number of aliphatic hydroxyl groups excluding tert-OH is 1. The third-order valence-corrected chi connectivity index (χ3v) is 9.72. The van der Waals surface area contributed by atoms with Gasteiger partial charge in [0, 0.05) is 71.6 Å². The molecule has 5 N–H and O–H groups in total. The van der Waals surface area contributed by atoms with Crippen LogP contribution in [-0.2, 0) is 9.59 Å². The number of carbonyl (C=O) groups excluding carboxylic acids is 2. The van der Waals surface area contributed by atoms with Crippen molar-refractivity contribution in [1.82, 2.24) is 10.6 Å². The second-order valence-electron chi connectivity index (χ2n) is 12.8. The molecule has 0 radical (unpaired) electrons. The number of carboxylic acids is 1. The number of aliphatic hydroxyl groups is 1. The normalized spacial score (nSPS) is 19.5. The molecular formula is C37H34F2N4O8. The molecule has 0 spiro atoms. The molecule has 2 amide bonds. The number of nitrogens with one attached hydrogen (secondary N) is 2. The Hall–Kier alpha value is -5.76. The molecule has 1 fully saturated rings. The summed E-state index contributed by atoms with van der Waals surface area (Å²) in [7, 11) is 0. The molecule has 2 aliphatic heterocycles. The van der Waals surface area contributed by atoms with E-state index in [1.165, 1.54) is 12.1 Å². The van der Waals surface area contributed by atoms with Crippen molar-refractivity contribution in [1.29, 1.82) is 0 Å². The first-order chi connectivity index (χ1) is 24.3. The number of allylic oxidation sites excluding steroid dienone is 1. The van der Waals surface area contributed by atoms with Crippen molar-refractivity contribution in [2.75, 3.05) is 19.7 Å². The van der Waals surface area contributed by atoms with Crippen LogP contribution in [0.15, 0.2) is 68.0 Å². The van der Waals surface area contributed by atoms with Crippen molar-refractivity contribution in [3.8, 4) is 28.2 Å². The van der Waals surface area contributed by atoms with Crippen molar-refractivity contribution in [3.05, 3.63) is 81.5 Å². The number of carboxylic acid groups (broad SMARTS) is 1. The number of amides is 2. The summed E-state index contributed by atoms with van der Waals surface area (Å²) in [5.41, 5.74) is 0.605. The average molecular weight is 701 g/mol. The first-order valence-electron chi connectivity index (χ1n) is 16.2. The summed E-state index contributed by atoms with van der Waals surface area (Å²) >= 11 is 0. The van der Waals surface area contributed by atoms with Crippen LogP contribution in [0.4, 0.5) is 8.78 Å². The summed E-state index contributed by atoms with van der Waals surface area (Å²) in [6.07, 6.45) is 4.16. The van der Waals surface area contributed by atoms with Crippen LogP contribution in [0.3, 0.4) is 0 Å². The molecule has 3 unspecified atom stereocenters. The third-order valence-electron chi connectivity index (χ3n) is 9.72. The molecule has 0 saturated heterocycles. The molecule has 2 aromatic rings. The van der Waals surface area contributed by atoms with Crippen LogP contribution >= 0.6 is 0 Å². The van der Waals surface area contributed by atoms with Crippen molar-refractivity contribution in [2.24, 2.45) is 27.5 Å². The van der Waals surface area contributed by atoms with E-state index in [2.05, 4.69) is 20.8 Å². The summed E-state index contributed by atoms with van der Waals surface area (Å²) in [5, 5.41) is 43.3. The first kappa shape index (κ1) is 35.1. The van der Waals surface area contributed by atoms with E-state index in [0.29, 0.717) is 24.2 Å². The Morgan fingerprint density at radius 1 is 0.980 bits per heavy atom. The molecule has 2 aliphatic carbocycles. The molecule has 2 aromatic carbocycles. The minimum Gasteiger partial charge on any atom is -0.505 e. The van der Waals surface area contributed by atoms with Gasteiger partial charge >= 0.3 is 5.97 Å². The topological polar surface area (TPSA) is 191 Å². The lowest BCUT2D eigenvalue weighted by atomic mass is 9.89. The van der Waals surface area contributed by atoms with Gasteiger partial charge in [0.15, 0.2) is 17.4 Å². The summed E-state index contributed by atoms with van der Waals surface area (Å²) in [6, 6.07) is 8.24. The first-order valence-corrected chi connectivity index (χ1v) is 16.2. The second kappa shape index (κ2) is 13.9. The molecule has 3 atom stereocenters. The van der Waals surface area contributed by atoms with Crippen LogP contribution < -0.4 is 16.1 Å². The molecule has 4 aliphatic rings. The summed E-state index contributed by atoms with van der Waals surface area (Å²) < 4.78 is 35.1. The number of fused-ring (bicyclic) bond motifs is 3. The van der Waals surface area contributed by atoms with Gasteiger partial charge < -0.3 is 30.4 Å². The summed E-state index contributed by atoms with van der Waals surface area (Å²) in [6.45, 7) is 4.29. The molecule has 51 heavy (non-hydrogen) atoms. The Morgan fingerprint density at radius 2 is 1.73 bits per heavy atom. The van der Waals surface area contributed by atoms with Crippen LogP contribution in [-0.4, -0.2) is 64.2 Å². The van der Waals surface area contributed by atoms with Crippen molar-refractivity contribution < 1.29 is 42.9 Å². The highest BCUT2D eigenvalue weighted by Gasteiger charge is 2.65. The van der Waals surface area contributed by atoms with E-state index >= 15 is 0 Å². The molecule has 14 heteroatoms. The monoisotopic (exact) mass is 700 g/mol. The van der Waals surface area contributed by atoms with Gasteiger partial charge in [0.05, 0.1) is 17.9 Å². The van der Waals surface area contributed by atoms with E-state index < -0.39 is 28.8 Å². The molecule has 12 nitrogen and oxygen atoms in total. The van der Waals surface area contributed by atoms with Crippen LogP contribution in [0.25, 0.3) is 39.5 Å². The predicted octanol–water partition coefficient (Wildman–Crippen LogP) is 4.74. The quantitative estimate of drug-likeness (QED) is 0.131. The highest BCUT2D eigenvalue weighted by atomic mass is 19.1. The van der Waals surface area contributed by atoms with E-state index in [9.17, 15) is 38.2 Å². The number of benzene rings is 3. The zero-order valence-electron chi connectivity index (χ0n) is 27.6.